The molecule has 4 rings (SSSR count). The number of fused-ring (bicyclic) bond motifs is 5. The van der Waals surface area contributed by atoms with Gasteiger partial charge in [-0.25, -0.2) is 0 Å². The number of rotatable bonds is 2. The molecule has 4 aliphatic carbocycles. The molecule has 0 saturated heterocycles. The number of carbonyl (C=O) groups excluding carboxylic acids is 1. The van der Waals surface area contributed by atoms with Crippen LogP contribution in [-0.4, -0.2) is 23.3 Å². The average molecular weight is 359 g/mol. The van der Waals surface area contributed by atoms with Gasteiger partial charge >= 0.3 is 5.97 Å². The minimum Gasteiger partial charge on any atom is -0.463 e. The van der Waals surface area contributed by atoms with Gasteiger partial charge < -0.3 is 9.84 Å². The Morgan fingerprint density at radius 2 is 1.96 bits per heavy atom. The minimum atomic E-state index is -0.248. The zero-order valence-electron chi connectivity index (χ0n) is 16.8. The molecule has 0 amide bonds. The second-order valence-corrected chi connectivity index (χ2v) is 9.77. The predicted octanol–water partition coefficient (Wildman–Crippen LogP) is 4.80. The lowest BCUT2D eigenvalue weighted by atomic mass is 9.50. The highest BCUT2D eigenvalue weighted by Crippen LogP contribution is 2.65. The molecule has 0 aromatic carbocycles. The van der Waals surface area contributed by atoms with Gasteiger partial charge in [0.25, 0.3) is 0 Å². The molecule has 144 valence electrons. The zero-order chi connectivity index (χ0) is 18.7. The largest absolute Gasteiger partial charge is 0.463 e. The molecule has 26 heavy (non-hydrogen) atoms. The van der Waals surface area contributed by atoms with Crippen LogP contribution in [0.3, 0.4) is 0 Å². The fraction of sp³-hybridized carbons (Fsp3) is 0.783. The monoisotopic (exact) mass is 358 g/mol. The van der Waals surface area contributed by atoms with Crippen molar-refractivity contribution in [1.82, 2.24) is 0 Å². The number of esters is 1. The summed E-state index contributed by atoms with van der Waals surface area (Å²) >= 11 is 0. The lowest BCUT2D eigenvalue weighted by Crippen LogP contribution is -2.47. The van der Waals surface area contributed by atoms with E-state index in [0.717, 1.165) is 25.7 Å². The van der Waals surface area contributed by atoms with Crippen molar-refractivity contribution in [1.29, 1.82) is 0 Å². The molecule has 2 fully saturated rings. The predicted molar refractivity (Wildman–Crippen MR) is 102 cm³/mol. The van der Waals surface area contributed by atoms with Crippen LogP contribution >= 0.6 is 0 Å². The van der Waals surface area contributed by atoms with E-state index in [2.05, 4.69) is 32.9 Å². The number of allylic oxidation sites excluding steroid dienone is 3. The summed E-state index contributed by atoms with van der Waals surface area (Å²) in [6.45, 7) is 8.51. The van der Waals surface area contributed by atoms with E-state index in [1.54, 1.807) is 5.57 Å². The van der Waals surface area contributed by atoms with Gasteiger partial charge in [0, 0.05) is 12.8 Å². The lowest BCUT2D eigenvalue weighted by Gasteiger charge is -2.55. The number of hydrogen-bond acceptors (Lipinski definition) is 3. The number of ether oxygens (including phenoxy) is 1. The highest BCUT2D eigenvalue weighted by molar-refractivity contribution is 5.66. The molecule has 0 aromatic heterocycles. The summed E-state index contributed by atoms with van der Waals surface area (Å²) in [5.74, 6) is 1.58. The molecule has 0 heterocycles. The fourth-order valence-electron chi connectivity index (χ4n) is 7.16. The first-order chi connectivity index (χ1) is 12.3. The van der Waals surface area contributed by atoms with E-state index < -0.39 is 0 Å². The molecule has 7 unspecified atom stereocenters. The molecule has 0 radical (unpaired) electrons. The first-order valence-corrected chi connectivity index (χ1v) is 10.5. The van der Waals surface area contributed by atoms with E-state index in [1.807, 2.05) is 0 Å². The first-order valence-electron chi connectivity index (χ1n) is 10.5. The summed E-state index contributed by atoms with van der Waals surface area (Å²) in [5, 5.41) is 10.1. The van der Waals surface area contributed by atoms with E-state index in [4.69, 9.17) is 4.74 Å². The van der Waals surface area contributed by atoms with E-state index in [-0.39, 0.29) is 29.0 Å². The number of carbonyl (C=O) groups is 1. The molecule has 4 aliphatic rings. The van der Waals surface area contributed by atoms with Crippen LogP contribution < -0.4 is 0 Å². The molecular weight excluding hydrogens is 324 g/mol. The second kappa shape index (κ2) is 6.22. The standard InChI is InChI=1S/C23H34O3/c1-14(26-15(2)24)19-7-8-20-18-6-5-16-13-17(25)9-11-22(16,3)21(18)10-12-23(19,20)4/h6,13-14,17,19-21,25H,5,7-12H2,1-4H3. The van der Waals surface area contributed by atoms with Gasteiger partial charge in [0.2, 0.25) is 0 Å². The summed E-state index contributed by atoms with van der Waals surface area (Å²) in [7, 11) is 0. The Balaban J connectivity index is 1.63. The summed E-state index contributed by atoms with van der Waals surface area (Å²) in [6, 6.07) is 0. The van der Waals surface area contributed by atoms with Crippen LogP contribution in [0, 0.1) is 28.6 Å². The Morgan fingerprint density at radius 3 is 2.69 bits per heavy atom. The Labute approximate surface area is 157 Å². The summed E-state index contributed by atoms with van der Waals surface area (Å²) in [5.41, 5.74) is 3.65. The third kappa shape index (κ3) is 2.61. The van der Waals surface area contributed by atoms with Crippen LogP contribution in [0.2, 0.25) is 0 Å². The van der Waals surface area contributed by atoms with Gasteiger partial charge in [0.1, 0.15) is 6.10 Å². The van der Waals surface area contributed by atoms with Crippen LogP contribution in [0.15, 0.2) is 23.3 Å². The van der Waals surface area contributed by atoms with E-state index in [9.17, 15) is 9.90 Å². The van der Waals surface area contributed by atoms with Crippen molar-refractivity contribution in [2.45, 2.75) is 84.8 Å². The molecule has 0 spiro atoms. The van der Waals surface area contributed by atoms with E-state index >= 15 is 0 Å². The van der Waals surface area contributed by atoms with Crippen LogP contribution in [-0.2, 0) is 9.53 Å². The van der Waals surface area contributed by atoms with Crippen LogP contribution in [0.25, 0.3) is 0 Å². The lowest BCUT2D eigenvalue weighted by molar-refractivity contribution is -0.150. The highest BCUT2D eigenvalue weighted by atomic mass is 16.5. The van der Waals surface area contributed by atoms with Gasteiger partial charge in [-0.05, 0) is 74.5 Å². The van der Waals surface area contributed by atoms with Crippen LogP contribution in [0.1, 0.15) is 72.6 Å². The summed E-state index contributed by atoms with van der Waals surface area (Å²) < 4.78 is 5.61. The van der Waals surface area contributed by atoms with Crippen molar-refractivity contribution in [2.24, 2.45) is 28.6 Å². The smallest absolute Gasteiger partial charge is 0.302 e. The van der Waals surface area contributed by atoms with Crippen molar-refractivity contribution < 1.29 is 14.6 Å². The van der Waals surface area contributed by atoms with Crippen LogP contribution in [0.4, 0.5) is 0 Å². The Kier molecular flexibility index (Phi) is 4.38. The molecule has 3 heteroatoms. The third-order valence-corrected chi connectivity index (χ3v) is 8.52. The first kappa shape index (κ1) is 18.3. The van der Waals surface area contributed by atoms with E-state index in [0.29, 0.717) is 17.8 Å². The SMILES string of the molecule is CC(=O)OC(C)C1CCC2C3=CCC4=CC(O)CCC4(C)C3CCC21C. The van der Waals surface area contributed by atoms with Gasteiger partial charge in [-0.15, -0.1) is 0 Å². The Morgan fingerprint density at radius 1 is 1.19 bits per heavy atom. The molecule has 3 nitrogen and oxygen atoms in total. The molecule has 0 aliphatic heterocycles. The van der Waals surface area contributed by atoms with Crippen molar-refractivity contribution >= 4 is 5.97 Å². The number of aliphatic hydroxyl groups excluding tert-OH is 1. The normalized spacial score (nSPS) is 45.6. The average Bonchev–Trinajstić information content (AvgIpc) is 2.92. The molecular formula is C23H34O3. The van der Waals surface area contributed by atoms with Crippen molar-refractivity contribution in [3.05, 3.63) is 23.3 Å². The van der Waals surface area contributed by atoms with Crippen molar-refractivity contribution in [3.63, 3.8) is 0 Å². The zero-order valence-corrected chi connectivity index (χ0v) is 16.8. The molecule has 0 bridgehead atoms. The van der Waals surface area contributed by atoms with Crippen molar-refractivity contribution in [2.75, 3.05) is 0 Å². The minimum absolute atomic E-state index is 0.0131. The van der Waals surface area contributed by atoms with Crippen molar-refractivity contribution in [3.8, 4) is 0 Å². The van der Waals surface area contributed by atoms with Crippen LogP contribution in [0.5, 0.6) is 0 Å². The topological polar surface area (TPSA) is 46.5 Å². The third-order valence-electron chi connectivity index (χ3n) is 8.52. The fourth-order valence-corrected chi connectivity index (χ4v) is 7.16. The maximum Gasteiger partial charge on any atom is 0.302 e. The van der Waals surface area contributed by atoms with Gasteiger partial charge in [-0.2, -0.15) is 0 Å². The molecule has 1 N–H and O–H groups in total. The van der Waals surface area contributed by atoms with Gasteiger partial charge in [-0.1, -0.05) is 37.1 Å². The molecule has 7 atom stereocenters. The molecule has 2 saturated carbocycles. The summed E-state index contributed by atoms with van der Waals surface area (Å²) in [4.78, 5) is 11.5. The Hall–Kier alpha value is -1.09. The maximum absolute atomic E-state index is 11.5. The summed E-state index contributed by atoms with van der Waals surface area (Å²) in [6.07, 6.45) is 12.3. The van der Waals surface area contributed by atoms with E-state index in [1.165, 1.54) is 31.8 Å². The quantitative estimate of drug-likeness (QED) is 0.570. The highest BCUT2D eigenvalue weighted by Gasteiger charge is 2.57. The van der Waals surface area contributed by atoms with Gasteiger partial charge in [-0.3, -0.25) is 4.79 Å². The number of hydrogen-bond donors (Lipinski definition) is 1. The number of aliphatic hydroxyl groups is 1. The molecule has 0 aromatic rings. The second-order valence-electron chi connectivity index (χ2n) is 9.77. The Bertz CT molecular complexity index is 662. The maximum atomic E-state index is 11.5. The van der Waals surface area contributed by atoms with Gasteiger partial charge in [0.15, 0.2) is 0 Å². The van der Waals surface area contributed by atoms with Gasteiger partial charge in [0.05, 0.1) is 6.10 Å².